The molecule has 1 fully saturated rings. The molecule has 2 aromatic rings. The van der Waals surface area contributed by atoms with E-state index in [1.807, 2.05) is 39.1 Å². The van der Waals surface area contributed by atoms with Crippen LogP contribution in [-0.4, -0.2) is 48.6 Å². The first-order valence-electron chi connectivity index (χ1n) is 8.34. The Labute approximate surface area is 147 Å². The Hall–Kier alpha value is -2.44. The number of nitrogens with one attached hydrogen (secondary N) is 1. The van der Waals surface area contributed by atoms with Crippen molar-refractivity contribution in [2.45, 2.75) is 20.0 Å². The average Bonchev–Trinajstić information content (AvgIpc) is 2.60. The van der Waals surface area contributed by atoms with Crippen LogP contribution in [0.5, 0.6) is 11.6 Å². The molecule has 2 heterocycles. The molecule has 1 N–H and O–H groups in total. The van der Waals surface area contributed by atoms with Crippen LogP contribution in [0.4, 0.5) is 5.69 Å². The van der Waals surface area contributed by atoms with Crippen molar-refractivity contribution >= 4 is 11.6 Å². The highest BCUT2D eigenvalue weighted by atomic mass is 16.5. The van der Waals surface area contributed by atoms with Crippen molar-refractivity contribution in [3.05, 3.63) is 47.7 Å². The number of benzene rings is 1. The first-order valence-corrected chi connectivity index (χ1v) is 8.34. The van der Waals surface area contributed by atoms with Crippen molar-refractivity contribution in [3.63, 3.8) is 0 Å². The number of nitrogens with zero attached hydrogens (tertiary/aromatic N) is 2. The molecule has 1 aromatic heterocycles. The normalized spacial score (nSPS) is 18.0. The molecule has 6 nitrogen and oxygen atoms in total. The van der Waals surface area contributed by atoms with E-state index in [1.54, 1.807) is 18.3 Å². The zero-order chi connectivity index (χ0) is 17.8. The van der Waals surface area contributed by atoms with E-state index in [0.29, 0.717) is 24.7 Å². The van der Waals surface area contributed by atoms with Gasteiger partial charge in [-0.15, -0.1) is 0 Å². The molecule has 0 bridgehead atoms. The van der Waals surface area contributed by atoms with Crippen LogP contribution in [0.15, 0.2) is 36.5 Å². The number of ether oxygens (including phenoxy) is 2. The number of carbonyl (C=O) groups is 1. The van der Waals surface area contributed by atoms with Crippen molar-refractivity contribution in [2.75, 3.05) is 32.1 Å². The van der Waals surface area contributed by atoms with Crippen molar-refractivity contribution in [1.29, 1.82) is 0 Å². The molecule has 1 unspecified atom stereocenters. The second-order valence-corrected chi connectivity index (χ2v) is 6.27. The molecule has 1 atom stereocenters. The fraction of sp³-hybridized carbons (Fsp3) is 0.368. The molecule has 0 saturated carbocycles. The monoisotopic (exact) mass is 341 g/mol. The van der Waals surface area contributed by atoms with Gasteiger partial charge in [0.1, 0.15) is 17.5 Å². The number of rotatable bonds is 4. The van der Waals surface area contributed by atoms with E-state index in [2.05, 4.69) is 15.2 Å². The van der Waals surface area contributed by atoms with E-state index in [1.165, 1.54) is 0 Å². The predicted molar refractivity (Wildman–Crippen MR) is 96.1 cm³/mol. The molecule has 0 spiro atoms. The maximum Gasteiger partial charge on any atom is 0.254 e. The fourth-order valence-electron chi connectivity index (χ4n) is 2.66. The lowest BCUT2D eigenvalue weighted by atomic mass is 10.1. The molecule has 1 aliphatic rings. The minimum absolute atomic E-state index is 0.189. The lowest BCUT2D eigenvalue weighted by Gasteiger charge is -2.29. The van der Waals surface area contributed by atoms with Gasteiger partial charge in [0.2, 0.25) is 5.88 Å². The Morgan fingerprint density at radius 1 is 1.32 bits per heavy atom. The van der Waals surface area contributed by atoms with Gasteiger partial charge >= 0.3 is 0 Å². The molecular weight excluding hydrogens is 318 g/mol. The quantitative estimate of drug-likeness (QED) is 0.926. The zero-order valence-corrected chi connectivity index (χ0v) is 14.8. The second kappa shape index (κ2) is 7.63. The van der Waals surface area contributed by atoms with Crippen LogP contribution in [0.2, 0.25) is 0 Å². The third-order valence-corrected chi connectivity index (χ3v) is 4.35. The predicted octanol–water partition coefficient (Wildman–Crippen LogP) is 2.76. The highest BCUT2D eigenvalue weighted by molar-refractivity contribution is 5.95. The SMILES string of the molecule is Cc1cccc(Oc2ncccc2NC(=O)C2CN(C)CCO2)c1C. The summed E-state index contributed by atoms with van der Waals surface area (Å²) in [7, 11) is 1.97. The Bertz CT molecular complexity index is 763. The molecule has 1 aromatic carbocycles. The second-order valence-electron chi connectivity index (χ2n) is 6.27. The summed E-state index contributed by atoms with van der Waals surface area (Å²) in [5.41, 5.74) is 2.71. The molecule has 0 radical (unpaired) electrons. The summed E-state index contributed by atoms with van der Waals surface area (Å²) >= 11 is 0. The number of amides is 1. The minimum atomic E-state index is -0.493. The minimum Gasteiger partial charge on any atom is -0.437 e. The number of carbonyl (C=O) groups excluding carboxylic acids is 1. The zero-order valence-electron chi connectivity index (χ0n) is 14.8. The third-order valence-electron chi connectivity index (χ3n) is 4.35. The number of hydrogen-bond acceptors (Lipinski definition) is 5. The molecule has 25 heavy (non-hydrogen) atoms. The summed E-state index contributed by atoms with van der Waals surface area (Å²) in [6.07, 6.45) is 1.15. The van der Waals surface area contributed by atoms with Gasteiger partial charge in [-0.05, 0) is 50.2 Å². The van der Waals surface area contributed by atoms with Crippen molar-refractivity contribution < 1.29 is 14.3 Å². The fourth-order valence-corrected chi connectivity index (χ4v) is 2.66. The van der Waals surface area contributed by atoms with Gasteiger partial charge in [-0.1, -0.05) is 12.1 Å². The van der Waals surface area contributed by atoms with E-state index in [0.717, 1.165) is 23.4 Å². The molecule has 3 rings (SSSR count). The summed E-state index contributed by atoms with van der Waals surface area (Å²) in [4.78, 5) is 18.8. The molecular formula is C19H23N3O3. The van der Waals surface area contributed by atoms with Gasteiger partial charge in [0, 0.05) is 19.3 Å². The standard InChI is InChI=1S/C19H23N3O3/c1-13-6-4-8-16(14(13)2)25-19-15(7-5-9-20-19)21-18(23)17-12-22(3)10-11-24-17/h4-9,17H,10-12H2,1-3H3,(H,21,23). The first-order chi connectivity index (χ1) is 12.0. The highest BCUT2D eigenvalue weighted by Gasteiger charge is 2.25. The number of aryl methyl sites for hydroxylation is 1. The van der Waals surface area contributed by atoms with E-state index < -0.39 is 6.10 Å². The molecule has 1 saturated heterocycles. The van der Waals surface area contributed by atoms with Crippen LogP contribution in [-0.2, 0) is 9.53 Å². The number of anilines is 1. The van der Waals surface area contributed by atoms with Crippen LogP contribution >= 0.6 is 0 Å². The maximum atomic E-state index is 12.5. The highest BCUT2D eigenvalue weighted by Crippen LogP contribution is 2.30. The largest absolute Gasteiger partial charge is 0.437 e. The molecule has 1 amide bonds. The van der Waals surface area contributed by atoms with Crippen LogP contribution in [0.1, 0.15) is 11.1 Å². The van der Waals surface area contributed by atoms with Gasteiger partial charge in [0.15, 0.2) is 0 Å². The van der Waals surface area contributed by atoms with E-state index in [-0.39, 0.29) is 5.91 Å². The molecule has 6 heteroatoms. The van der Waals surface area contributed by atoms with Gasteiger partial charge in [-0.2, -0.15) is 0 Å². The van der Waals surface area contributed by atoms with Crippen molar-refractivity contribution in [1.82, 2.24) is 9.88 Å². The third kappa shape index (κ3) is 4.15. The van der Waals surface area contributed by atoms with Crippen LogP contribution in [0, 0.1) is 13.8 Å². The van der Waals surface area contributed by atoms with Crippen LogP contribution in [0.25, 0.3) is 0 Å². The van der Waals surface area contributed by atoms with Gasteiger partial charge < -0.3 is 19.7 Å². The van der Waals surface area contributed by atoms with Gasteiger partial charge in [-0.25, -0.2) is 4.98 Å². The maximum absolute atomic E-state index is 12.5. The average molecular weight is 341 g/mol. The van der Waals surface area contributed by atoms with Crippen LogP contribution in [0.3, 0.4) is 0 Å². The Kier molecular flexibility index (Phi) is 5.31. The number of pyridine rings is 1. The Morgan fingerprint density at radius 3 is 2.96 bits per heavy atom. The van der Waals surface area contributed by atoms with E-state index >= 15 is 0 Å². The lowest BCUT2D eigenvalue weighted by Crippen LogP contribution is -2.46. The topological polar surface area (TPSA) is 63.7 Å². The molecule has 132 valence electrons. The summed E-state index contributed by atoms with van der Waals surface area (Å²) < 4.78 is 11.5. The van der Waals surface area contributed by atoms with Gasteiger partial charge in [0.25, 0.3) is 5.91 Å². The first kappa shape index (κ1) is 17.4. The summed E-state index contributed by atoms with van der Waals surface area (Å²) in [5, 5.41) is 2.88. The molecule has 1 aliphatic heterocycles. The lowest BCUT2D eigenvalue weighted by molar-refractivity contribution is -0.132. The van der Waals surface area contributed by atoms with Gasteiger partial charge in [0.05, 0.1) is 6.61 Å². The van der Waals surface area contributed by atoms with Crippen LogP contribution < -0.4 is 10.1 Å². The Balaban J connectivity index is 1.77. The molecule has 0 aliphatic carbocycles. The summed E-state index contributed by atoms with van der Waals surface area (Å²) in [6.45, 7) is 5.97. The summed E-state index contributed by atoms with van der Waals surface area (Å²) in [5.74, 6) is 0.905. The number of aromatic nitrogens is 1. The van der Waals surface area contributed by atoms with Crippen molar-refractivity contribution in [2.24, 2.45) is 0 Å². The van der Waals surface area contributed by atoms with Gasteiger partial charge in [-0.3, -0.25) is 4.79 Å². The number of hydrogen-bond donors (Lipinski definition) is 1. The van der Waals surface area contributed by atoms with Crippen molar-refractivity contribution in [3.8, 4) is 11.6 Å². The Morgan fingerprint density at radius 2 is 2.16 bits per heavy atom. The van der Waals surface area contributed by atoms with E-state index in [4.69, 9.17) is 9.47 Å². The number of likely N-dealkylation sites (N-methyl/N-ethyl adjacent to an activating group) is 1. The smallest absolute Gasteiger partial charge is 0.254 e. The van der Waals surface area contributed by atoms with E-state index in [9.17, 15) is 4.79 Å². The summed E-state index contributed by atoms with van der Waals surface area (Å²) in [6, 6.07) is 9.39. The number of morpholine rings is 1.